The molecule has 1 amide bonds. The van der Waals surface area contributed by atoms with Crippen molar-refractivity contribution in [3.63, 3.8) is 0 Å². The molecule has 2 aliphatic rings. The first-order chi connectivity index (χ1) is 17.6. The monoisotopic (exact) mass is 520 g/mol. The van der Waals surface area contributed by atoms with Crippen molar-refractivity contribution < 1.29 is 27.9 Å². The average Bonchev–Trinajstić information content (AvgIpc) is 3.09. The second kappa shape index (κ2) is 11.3. The molecule has 2 fully saturated rings. The van der Waals surface area contributed by atoms with Gasteiger partial charge in [-0.25, -0.2) is 4.98 Å². The van der Waals surface area contributed by atoms with Gasteiger partial charge >= 0.3 is 12.1 Å². The Bertz CT molecular complexity index is 1100. The van der Waals surface area contributed by atoms with Crippen molar-refractivity contribution in [2.45, 2.75) is 44.3 Å². The fraction of sp³-hybridized carbons (Fsp3) is 0.520. The number of nitrogens with zero attached hydrogens (tertiary/aromatic N) is 4. The first-order valence-electron chi connectivity index (χ1n) is 12.4. The lowest BCUT2D eigenvalue weighted by Crippen LogP contribution is -2.47. The summed E-state index contributed by atoms with van der Waals surface area (Å²) in [4.78, 5) is 36.3. The number of hydrogen-bond donors (Lipinski definition) is 3. The van der Waals surface area contributed by atoms with Crippen molar-refractivity contribution in [3.8, 4) is 0 Å². The van der Waals surface area contributed by atoms with Gasteiger partial charge in [0.15, 0.2) is 0 Å². The molecule has 0 bridgehead atoms. The maximum atomic E-state index is 13.7. The van der Waals surface area contributed by atoms with Crippen molar-refractivity contribution in [1.82, 2.24) is 19.8 Å². The predicted octanol–water partition coefficient (Wildman–Crippen LogP) is 4.07. The number of likely N-dealkylation sites (N-methyl/N-ethyl adjacent to an activating group) is 1. The maximum absolute atomic E-state index is 13.7. The molecule has 4 rings (SSSR count). The summed E-state index contributed by atoms with van der Waals surface area (Å²) in [6.07, 6.45) is -0.931. The Labute approximate surface area is 213 Å². The third-order valence-corrected chi connectivity index (χ3v) is 6.93. The maximum Gasteiger partial charge on any atom is 0.421 e. The number of aliphatic carboxylic acids is 1. The van der Waals surface area contributed by atoms with Gasteiger partial charge in [0.1, 0.15) is 11.4 Å². The Morgan fingerprint density at radius 3 is 2.35 bits per heavy atom. The molecule has 1 aromatic heterocycles. The van der Waals surface area contributed by atoms with E-state index in [2.05, 4.69) is 25.5 Å². The summed E-state index contributed by atoms with van der Waals surface area (Å²) in [7, 11) is 2.01. The van der Waals surface area contributed by atoms with Crippen LogP contribution in [0.3, 0.4) is 0 Å². The minimum absolute atomic E-state index is 0.0749. The number of carboxylic acid groups (broad SMARTS) is 1. The third-order valence-electron chi connectivity index (χ3n) is 6.93. The van der Waals surface area contributed by atoms with E-state index in [-0.39, 0.29) is 11.9 Å². The molecule has 12 heteroatoms. The molecule has 0 unspecified atom stereocenters. The number of aromatic nitrogens is 2. The van der Waals surface area contributed by atoms with Crippen molar-refractivity contribution in [2.75, 3.05) is 43.9 Å². The summed E-state index contributed by atoms with van der Waals surface area (Å²) in [5, 5.41) is 15.3. The number of alkyl halides is 3. The molecule has 1 aromatic carbocycles. The van der Waals surface area contributed by atoms with Crippen LogP contribution in [0.15, 0.2) is 30.5 Å². The molecular formula is C25H31F3N6O3. The number of amides is 1. The van der Waals surface area contributed by atoms with E-state index < -0.39 is 35.5 Å². The Morgan fingerprint density at radius 2 is 1.70 bits per heavy atom. The Kier molecular flexibility index (Phi) is 8.16. The van der Waals surface area contributed by atoms with Gasteiger partial charge in [-0.3, -0.25) is 9.59 Å². The van der Waals surface area contributed by atoms with Crippen LogP contribution in [-0.2, 0) is 11.0 Å². The predicted molar refractivity (Wildman–Crippen MR) is 132 cm³/mol. The molecule has 1 aliphatic carbocycles. The van der Waals surface area contributed by atoms with Crippen molar-refractivity contribution in [3.05, 3.63) is 41.6 Å². The van der Waals surface area contributed by atoms with Crippen LogP contribution < -0.4 is 10.6 Å². The molecule has 200 valence electrons. The van der Waals surface area contributed by atoms with E-state index in [0.29, 0.717) is 49.8 Å². The van der Waals surface area contributed by atoms with Gasteiger partial charge in [0, 0.05) is 49.7 Å². The zero-order chi connectivity index (χ0) is 26.6. The first kappa shape index (κ1) is 26.6. The fourth-order valence-electron chi connectivity index (χ4n) is 4.73. The number of carboxylic acids is 1. The first-order valence-corrected chi connectivity index (χ1v) is 12.4. The number of carbonyl (C=O) groups excluding carboxylic acids is 1. The number of hydrogen-bond acceptors (Lipinski definition) is 7. The summed E-state index contributed by atoms with van der Waals surface area (Å²) in [5.74, 6) is -2.45. The molecule has 0 spiro atoms. The zero-order valence-corrected chi connectivity index (χ0v) is 20.6. The van der Waals surface area contributed by atoms with Crippen LogP contribution >= 0.6 is 0 Å². The number of carbonyl (C=O) groups is 2. The van der Waals surface area contributed by atoms with E-state index in [1.807, 2.05) is 7.05 Å². The van der Waals surface area contributed by atoms with Crippen LogP contribution in [0.5, 0.6) is 0 Å². The van der Waals surface area contributed by atoms with Crippen LogP contribution in [0.4, 0.5) is 30.6 Å². The molecule has 2 aromatic rings. The van der Waals surface area contributed by atoms with Crippen molar-refractivity contribution in [1.29, 1.82) is 0 Å². The van der Waals surface area contributed by atoms with Gasteiger partial charge in [0.2, 0.25) is 5.95 Å². The van der Waals surface area contributed by atoms with Crippen LogP contribution in [0.2, 0.25) is 0 Å². The minimum atomic E-state index is -4.71. The minimum Gasteiger partial charge on any atom is -0.481 e. The van der Waals surface area contributed by atoms with E-state index in [4.69, 9.17) is 0 Å². The fourth-order valence-corrected chi connectivity index (χ4v) is 4.73. The van der Waals surface area contributed by atoms with E-state index in [9.17, 15) is 27.9 Å². The standard InChI is InChI=1S/C25H31F3N6O3/c1-33-11-13-34(14-12-33)22(35)16-7-9-17(10-8-16)30-24-29-15-19(25(26,27)28)21(32-24)31-20-6-4-2-3-5-18(20)23(36)37/h7-10,15,18,20H,2-6,11-14H2,1H3,(H,36,37)(H2,29,30,31,32)/t18-,20-/m0/s1. The van der Waals surface area contributed by atoms with E-state index in [1.165, 1.54) is 0 Å². The molecule has 3 N–H and O–H groups in total. The van der Waals surface area contributed by atoms with E-state index in [1.54, 1.807) is 29.2 Å². The molecule has 9 nitrogen and oxygen atoms in total. The summed E-state index contributed by atoms with van der Waals surface area (Å²) >= 11 is 0. The number of benzene rings is 1. The lowest BCUT2D eigenvalue weighted by atomic mass is 9.95. The molecular weight excluding hydrogens is 489 g/mol. The van der Waals surface area contributed by atoms with Crippen LogP contribution in [0.25, 0.3) is 0 Å². The number of halogens is 3. The highest BCUT2D eigenvalue weighted by Gasteiger charge is 2.37. The van der Waals surface area contributed by atoms with E-state index in [0.717, 1.165) is 25.9 Å². The second-order valence-electron chi connectivity index (χ2n) is 9.59. The molecule has 37 heavy (non-hydrogen) atoms. The molecule has 1 saturated heterocycles. The van der Waals surface area contributed by atoms with Gasteiger partial charge in [-0.1, -0.05) is 19.3 Å². The topological polar surface area (TPSA) is 111 Å². The smallest absolute Gasteiger partial charge is 0.421 e. The van der Waals surface area contributed by atoms with Gasteiger partial charge in [-0.15, -0.1) is 0 Å². The van der Waals surface area contributed by atoms with Crippen molar-refractivity contribution in [2.24, 2.45) is 5.92 Å². The molecule has 1 saturated carbocycles. The Hall–Kier alpha value is -3.41. The van der Waals surface area contributed by atoms with Gasteiger partial charge in [0.05, 0.1) is 5.92 Å². The molecule has 2 atom stereocenters. The molecule has 0 radical (unpaired) electrons. The zero-order valence-electron chi connectivity index (χ0n) is 20.6. The number of anilines is 3. The molecule has 1 aliphatic heterocycles. The van der Waals surface area contributed by atoms with Gasteiger partial charge < -0.3 is 25.5 Å². The number of piperazine rings is 1. The van der Waals surface area contributed by atoms with Gasteiger partial charge in [-0.05, 0) is 44.2 Å². The SMILES string of the molecule is CN1CCN(C(=O)c2ccc(Nc3ncc(C(F)(F)F)c(N[C@H]4CCCCC[C@@H]4C(=O)O)n3)cc2)CC1. The highest BCUT2D eigenvalue weighted by molar-refractivity contribution is 5.94. The summed E-state index contributed by atoms with van der Waals surface area (Å²) in [6.45, 7) is 2.91. The lowest BCUT2D eigenvalue weighted by molar-refractivity contribution is -0.142. The summed E-state index contributed by atoms with van der Waals surface area (Å²) in [5.41, 5.74) is -0.0445. The van der Waals surface area contributed by atoms with Gasteiger partial charge in [0.25, 0.3) is 5.91 Å². The second-order valence-corrected chi connectivity index (χ2v) is 9.59. The normalized spacial score (nSPS) is 21.2. The third kappa shape index (κ3) is 6.68. The molecule has 2 heterocycles. The largest absolute Gasteiger partial charge is 0.481 e. The number of rotatable bonds is 6. The highest BCUT2D eigenvalue weighted by atomic mass is 19.4. The Morgan fingerprint density at radius 1 is 1.03 bits per heavy atom. The van der Waals surface area contributed by atoms with Gasteiger partial charge in [-0.2, -0.15) is 18.2 Å². The lowest BCUT2D eigenvalue weighted by Gasteiger charge is -2.32. The van der Waals surface area contributed by atoms with Crippen LogP contribution in [0, 0.1) is 5.92 Å². The number of nitrogens with one attached hydrogen (secondary N) is 2. The van der Waals surface area contributed by atoms with Crippen molar-refractivity contribution >= 4 is 29.3 Å². The van der Waals surface area contributed by atoms with Crippen LogP contribution in [-0.4, -0.2) is 76.0 Å². The highest BCUT2D eigenvalue weighted by Crippen LogP contribution is 2.36. The summed E-state index contributed by atoms with van der Waals surface area (Å²) < 4.78 is 41.1. The van der Waals surface area contributed by atoms with Crippen LogP contribution in [0.1, 0.15) is 48.0 Å². The van der Waals surface area contributed by atoms with E-state index >= 15 is 0 Å². The Balaban J connectivity index is 1.51. The summed E-state index contributed by atoms with van der Waals surface area (Å²) in [6, 6.07) is 5.90. The average molecular weight is 521 g/mol. The quantitative estimate of drug-likeness (QED) is 0.489.